The summed E-state index contributed by atoms with van der Waals surface area (Å²) < 4.78 is 29.4. The van der Waals surface area contributed by atoms with Crippen molar-refractivity contribution < 1.29 is 27.5 Å². The van der Waals surface area contributed by atoms with E-state index < -0.39 is 15.9 Å². The van der Waals surface area contributed by atoms with Crippen LogP contribution in [-0.2, 0) is 15.3 Å². The second-order valence-electron chi connectivity index (χ2n) is 10.2. The van der Waals surface area contributed by atoms with E-state index in [1.807, 2.05) is 20.8 Å². The van der Waals surface area contributed by atoms with Crippen molar-refractivity contribution in [3.63, 3.8) is 0 Å². The van der Waals surface area contributed by atoms with Crippen molar-refractivity contribution >= 4 is 49.7 Å². The standard InChI is InChI=1S/C27H31N5O6S2/c1-27(2,3)22-16-20(25(34)32-11-13-40(36,37)14-12-32)24(39-22)31-26(35)30-17-5-7-18(8-6-17)38-19-9-10-29-21(15-19)23(33)28-4/h5-10,15-16H,11-14H2,1-4H3,(H,28,33)(H2,30,31,35). The van der Waals surface area contributed by atoms with Gasteiger partial charge in [-0.1, -0.05) is 20.8 Å². The molecule has 13 heteroatoms. The number of pyridine rings is 1. The van der Waals surface area contributed by atoms with Crippen LogP contribution in [0.3, 0.4) is 0 Å². The minimum absolute atomic E-state index is 0.0750. The molecule has 2 aromatic heterocycles. The number of aromatic nitrogens is 1. The van der Waals surface area contributed by atoms with E-state index in [1.165, 1.54) is 35.5 Å². The lowest BCUT2D eigenvalue weighted by atomic mass is 9.94. The van der Waals surface area contributed by atoms with Crippen LogP contribution in [0, 0.1) is 0 Å². The van der Waals surface area contributed by atoms with Crippen LogP contribution < -0.4 is 20.7 Å². The molecule has 0 unspecified atom stereocenters. The molecule has 0 radical (unpaired) electrons. The average molecular weight is 586 g/mol. The number of sulfone groups is 1. The summed E-state index contributed by atoms with van der Waals surface area (Å²) in [6.07, 6.45) is 1.47. The number of nitrogens with zero attached hydrogens (tertiary/aromatic N) is 2. The molecule has 1 aliphatic rings. The highest BCUT2D eigenvalue weighted by molar-refractivity contribution is 7.91. The molecule has 0 spiro atoms. The summed E-state index contributed by atoms with van der Waals surface area (Å²) in [5.74, 6) is 0.134. The van der Waals surface area contributed by atoms with Crippen LogP contribution in [0.4, 0.5) is 15.5 Å². The summed E-state index contributed by atoms with van der Waals surface area (Å²) in [7, 11) is -1.62. The Bertz CT molecular complexity index is 1510. The molecule has 0 aliphatic carbocycles. The molecule has 1 fully saturated rings. The second kappa shape index (κ2) is 11.6. The fourth-order valence-electron chi connectivity index (χ4n) is 3.83. The van der Waals surface area contributed by atoms with Gasteiger partial charge in [0.25, 0.3) is 11.8 Å². The number of ether oxygens (including phenoxy) is 1. The normalized spacial score (nSPS) is 14.8. The molecule has 40 heavy (non-hydrogen) atoms. The Hall–Kier alpha value is -3.97. The molecule has 4 amide bonds. The van der Waals surface area contributed by atoms with E-state index in [-0.39, 0.29) is 47.5 Å². The lowest BCUT2D eigenvalue weighted by Crippen LogP contribution is -2.43. The van der Waals surface area contributed by atoms with E-state index in [2.05, 4.69) is 20.9 Å². The zero-order chi connectivity index (χ0) is 29.1. The minimum Gasteiger partial charge on any atom is -0.457 e. The lowest BCUT2D eigenvalue weighted by Gasteiger charge is -2.26. The minimum atomic E-state index is -3.14. The topological polar surface area (TPSA) is 147 Å². The van der Waals surface area contributed by atoms with Crippen molar-refractivity contribution in [3.8, 4) is 11.5 Å². The van der Waals surface area contributed by atoms with Crippen LogP contribution in [0.15, 0.2) is 48.7 Å². The fraction of sp³-hybridized carbons (Fsp3) is 0.333. The summed E-state index contributed by atoms with van der Waals surface area (Å²) in [5, 5.41) is 8.44. The molecule has 11 nitrogen and oxygen atoms in total. The molecule has 0 saturated carbocycles. The number of anilines is 2. The van der Waals surface area contributed by atoms with E-state index in [0.29, 0.717) is 27.8 Å². The number of rotatable bonds is 6. The van der Waals surface area contributed by atoms with Crippen LogP contribution >= 0.6 is 11.3 Å². The van der Waals surface area contributed by atoms with Crippen LogP contribution in [0.2, 0.25) is 0 Å². The van der Waals surface area contributed by atoms with Crippen LogP contribution in [0.5, 0.6) is 11.5 Å². The van der Waals surface area contributed by atoms with Gasteiger partial charge in [0.2, 0.25) is 0 Å². The lowest BCUT2D eigenvalue weighted by molar-refractivity contribution is 0.0771. The molecule has 1 aromatic carbocycles. The van der Waals surface area contributed by atoms with Crippen LogP contribution in [-0.4, -0.2) is 67.8 Å². The zero-order valence-corrected chi connectivity index (χ0v) is 24.2. The Morgan fingerprint density at radius 3 is 2.27 bits per heavy atom. The smallest absolute Gasteiger partial charge is 0.324 e. The molecule has 3 N–H and O–H groups in total. The number of hydrogen-bond donors (Lipinski definition) is 3. The van der Waals surface area contributed by atoms with Gasteiger partial charge in [-0.05, 0) is 41.8 Å². The molecule has 1 saturated heterocycles. The summed E-state index contributed by atoms with van der Waals surface area (Å²) in [6.45, 7) is 6.28. The number of thiophene rings is 1. The molecule has 3 aromatic rings. The van der Waals surface area contributed by atoms with Crippen molar-refractivity contribution in [1.82, 2.24) is 15.2 Å². The molecule has 212 valence electrons. The van der Waals surface area contributed by atoms with Gasteiger partial charge in [0, 0.05) is 43.0 Å². The predicted molar refractivity (Wildman–Crippen MR) is 154 cm³/mol. The van der Waals surface area contributed by atoms with Gasteiger partial charge < -0.3 is 20.3 Å². The van der Waals surface area contributed by atoms with Gasteiger partial charge in [0.05, 0.1) is 17.1 Å². The SMILES string of the molecule is CNC(=O)c1cc(Oc2ccc(NC(=O)Nc3sc(C(C)(C)C)cc3C(=O)N3CCS(=O)(=O)CC3)cc2)ccn1. The maximum atomic E-state index is 13.3. The third-order valence-corrected chi connectivity index (χ3v) is 9.18. The fourth-order valence-corrected chi connectivity index (χ4v) is 6.14. The highest BCUT2D eigenvalue weighted by Gasteiger charge is 2.30. The molecule has 3 heterocycles. The average Bonchev–Trinajstić information content (AvgIpc) is 3.33. The van der Waals surface area contributed by atoms with Gasteiger partial charge in [-0.2, -0.15) is 0 Å². The summed E-state index contributed by atoms with van der Waals surface area (Å²) in [5.41, 5.74) is 0.794. The third-order valence-electron chi connectivity index (χ3n) is 6.10. The van der Waals surface area contributed by atoms with Crippen LogP contribution in [0.25, 0.3) is 0 Å². The first kappa shape index (κ1) is 29.0. The predicted octanol–water partition coefficient (Wildman–Crippen LogP) is 4.11. The second-order valence-corrected chi connectivity index (χ2v) is 13.6. The van der Waals surface area contributed by atoms with E-state index in [4.69, 9.17) is 4.74 Å². The maximum absolute atomic E-state index is 13.3. The van der Waals surface area contributed by atoms with E-state index in [1.54, 1.807) is 36.4 Å². The highest BCUT2D eigenvalue weighted by Crippen LogP contribution is 2.37. The summed E-state index contributed by atoms with van der Waals surface area (Å²) >= 11 is 1.31. The number of benzene rings is 1. The number of nitrogens with one attached hydrogen (secondary N) is 3. The molecule has 0 bridgehead atoms. The first-order valence-corrected chi connectivity index (χ1v) is 15.2. The van der Waals surface area contributed by atoms with Gasteiger partial charge >= 0.3 is 6.03 Å². The number of carbonyl (C=O) groups is 3. The number of carbonyl (C=O) groups excluding carboxylic acids is 3. The third kappa shape index (κ3) is 7.16. The van der Waals surface area contributed by atoms with Gasteiger partial charge in [0.1, 0.15) is 22.2 Å². The number of amides is 4. The van der Waals surface area contributed by atoms with Crippen molar-refractivity contribution in [3.05, 3.63) is 64.8 Å². The summed E-state index contributed by atoms with van der Waals surface area (Å²) in [4.78, 5) is 44.4. The zero-order valence-electron chi connectivity index (χ0n) is 22.6. The van der Waals surface area contributed by atoms with Crippen LogP contribution in [0.1, 0.15) is 46.5 Å². The number of hydrogen-bond acceptors (Lipinski definition) is 8. The Morgan fingerprint density at radius 1 is 0.975 bits per heavy atom. The van der Waals surface area contributed by atoms with Gasteiger partial charge in [-0.15, -0.1) is 11.3 Å². The Kier molecular flexibility index (Phi) is 8.45. The van der Waals surface area contributed by atoms with E-state index in [0.717, 1.165) is 4.88 Å². The molecule has 0 atom stereocenters. The quantitative estimate of drug-likeness (QED) is 0.395. The first-order chi connectivity index (χ1) is 18.8. The molecular weight excluding hydrogens is 554 g/mol. The molecule has 1 aliphatic heterocycles. The maximum Gasteiger partial charge on any atom is 0.324 e. The van der Waals surface area contributed by atoms with E-state index in [9.17, 15) is 22.8 Å². The largest absolute Gasteiger partial charge is 0.457 e. The van der Waals surface area contributed by atoms with E-state index >= 15 is 0 Å². The first-order valence-electron chi connectivity index (χ1n) is 12.5. The van der Waals surface area contributed by atoms with Crippen molar-refractivity contribution in [2.45, 2.75) is 26.2 Å². The number of urea groups is 1. The van der Waals surface area contributed by atoms with Crippen molar-refractivity contribution in [2.24, 2.45) is 0 Å². The Balaban J connectivity index is 1.44. The Morgan fingerprint density at radius 2 is 1.65 bits per heavy atom. The highest BCUT2D eigenvalue weighted by atomic mass is 32.2. The summed E-state index contributed by atoms with van der Waals surface area (Å²) in [6, 6.07) is 11.0. The van der Waals surface area contributed by atoms with Gasteiger partial charge in [0.15, 0.2) is 9.84 Å². The van der Waals surface area contributed by atoms with Gasteiger partial charge in [-0.3, -0.25) is 19.9 Å². The molecular formula is C27H31N5O6S2. The molecule has 4 rings (SSSR count). The Labute approximate surface area is 236 Å². The van der Waals surface area contributed by atoms with Crippen molar-refractivity contribution in [1.29, 1.82) is 0 Å². The van der Waals surface area contributed by atoms with Crippen molar-refractivity contribution in [2.75, 3.05) is 42.3 Å². The van der Waals surface area contributed by atoms with Gasteiger partial charge in [-0.25, -0.2) is 13.2 Å². The monoisotopic (exact) mass is 585 g/mol.